The number of unbranched alkanes of at least 4 members (excludes halogenated alkanes) is 1. The Hall–Kier alpha value is -11.8. The Morgan fingerprint density at radius 3 is 1.26 bits per heavy atom. The number of amides is 17. The normalized spacial score (nSPS) is 16.9. The van der Waals surface area contributed by atoms with Gasteiger partial charge in [0.2, 0.25) is 100 Å². The van der Waals surface area contributed by atoms with Gasteiger partial charge in [-0.3, -0.25) is 86.9 Å². The number of rotatable bonds is 59. The second kappa shape index (κ2) is 56.8. The standard InChI is InChI=1S/C81H133N25O24S2/c1-8-39(4)61(103-74(124)57-32-45(111)35-106(57)78(128)60(88)38(2)3)75(125)105-63(81(6,7)132)77(127)99-51(30-41-14-18-43(109)19-15-41)69(119)101-55(36-107)72(122)98-52(33-58(86)112)70(120)93-47(13-11-29-91-80(89)90)65(115)97-53(34-59(87)113)71(121)104-62(40(5)108)76(126)96-50(24-28-85)67(117)92-46(12-9-10-25-82)64(114)94-48(22-26-83)66(116)95-49(23-27-84)68(118)102-56(37-131)73(123)100-54(79(129)130)31-42-16-20-44(110)21-17-42/h14-21,38-40,45-57,60-63,107-111,131-132H,8-13,22-37,82-85,88H2,1-7H3,(H2,86,112)(H2,87,113)(H,92,117)(H,93,120)(H,94,114)(H,95,116)(H,96,126)(H,97,115)(H,98,122)(H,99,127)(H,100,123)(H,101,119)(H,102,118)(H,103,124)(H,104,121)(H,105,125)(H,129,130)(H4,89,90,91)/t39-,40+,45+,46-,47-,48-,49-,50+,51-,52-,53-,54-,55-,56-,57-,60-,61-,62-,63+/m0/s1. The van der Waals surface area contributed by atoms with Crippen LogP contribution in [0, 0.1) is 17.2 Å². The molecule has 49 nitrogen and oxygen atoms in total. The van der Waals surface area contributed by atoms with E-state index in [-0.39, 0.29) is 119 Å². The van der Waals surface area contributed by atoms with Crippen molar-refractivity contribution >= 4 is 138 Å². The monoisotopic (exact) mass is 1900 g/mol. The van der Waals surface area contributed by atoms with Crippen LogP contribution >= 0.6 is 25.3 Å². The molecule has 132 heavy (non-hydrogen) atoms. The van der Waals surface area contributed by atoms with Crippen molar-refractivity contribution in [2.24, 2.45) is 57.7 Å². The number of aliphatic hydroxyl groups is 3. The molecule has 2 aromatic carbocycles. The quantitative estimate of drug-likeness (QED) is 0.0127. The number of carboxylic acid groups (broad SMARTS) is 1. The highest BCUT2D eigenvalue weighted by atomic mass is 32.1. The smallest absolute Gasteiger partial charge is 0.326 e. The van der Waals surface area contributed by atoms with Crippen LogP contribution in [0.5, 0.6) is 11.5 Å². The van der Waals surface area contributed by atoms with Crippen molar-refractivity contribution in [1.82, 2.24) is 84.7 Å². The summed E-state index contributed by atoms with van der Waals surface area (Å²) in [7, 11) is 0. The number of nitrogens with one attached hydrogen (secondary N) is 16. The van der Waals surface area contributed by atoms with Gasteiger partial charge >= 0.3 is 5.97 Å². The number of nitrogens with two attached hydrogens (primary N) is 8. The van der Waals surface area contributed by atoms with E-state index < -0.39 is 271 Å². The first-order chi connectivity index (χ1) is 62.0. The highest BCUT2D eigenvalue weighted by Gasteiger charge is 2.46. The zero-order valence-electron chi connectivity index (χ0n) is 74.7. The number of carbonyl (C=O) groups is 18. The van der Waals surface area contributed by atoms with E-state index in [2.05, 4.69) is 105 Å². The number of hydrogen-bond acceptors (Lipinski definition) is 31. The zero-order chi connectivity index (χ0) is 99.7. The Morgan fingerprint density at radius 1 is 0.485 bits per heavy atom. The molecule has 0 radical (unpaired) electrons. The third-order valence-corrected chi connectivity index (χ3v) is 21.8. The summed E-state index contributed by atoms with van der Waals surface area (Å²) >= 11 is 8.76. The van der Waals surface area contributed by atoms with Gasteiger partial charge in [-0.1, -0.05) is 58.4 Å². The van der Waals surface area contributed by atoms with E-state index in [9.17, 15) is 117 Å². The summed E-state index contributed by atoms with van der Waals surface area (Å²) in [6, 6.07) is -15.8. The number of nitrogens with zero attached hydrogens (tertiary/aromatic N) is 1. The Kier molecular flexibility index (Phi) is 49.2. The number of primary amides is 2. The molecule has 0 aliphatic carbocycles. The summed E-state index contributed by atoms with van der Waals surface area (Å²) in [4.78, 5) is 252. The van der Waals surface area contributed by atoms with Crippen LogP contribution in [-0.4, -0.2) is 313 Å². The summed E-state index contributed by atoms with van der Waals surface area (Å²) in [6.45, 7) is 8.23. The lowest BCUT2D eigenvalue weighted by Gasteiger charge is -2.34. The van der Waals surface area contributed by atoms with Crippen molar-refractivity contribution in [1.29, 1.82) is 5.41 Å². The van der Waals surface area contributed by atoms with Crippen LogP contribution in [0.3, 0.4) is 0 Å². The highest BCUT2D eigenvalue weighted by molar-refractivity contribution is 7.81. The second-order valence-corrected chi connectivity index (χ2v) is 34.3. The number of β-amino-alcohol motifs (C(OH)–C–C–N with tert-alkyl or cyclic N) is 1. The van der Waals surface area contributed by atoms with Gasteiger partial charge in [0.15, 0.2) is 5.96 Å². The number of phenols is 2. The van der Waals surface area contributed by atoms with E-state index in [1.54, 1.807) is 27.7 Å². The predicted molar refractivity (Wildman–Crippen MR) is 483 cm³/mol. The molecule has 1 saturated heterocycles. The molecule has 1 heterocycles. The average molecular weight is 1910 g/mol. The third kappa shape index (κ3) is 38.5. The molecule has 1 aliphatic rings. The Balaban J connectivity index is 1.92. The minimum atomic E-state index is -2.11. The van der Waals surface area contributed by atoms with Crippen LogP contribution in [0.4, 0.5) is 0 Å². The molecule has 19 atom stereocenters. The number of benzene rings is 2. The lowest BCUT2D eigenvalue weighted by Crippen LogP contribution is -2.64. The van der Waals surface area contributed by atoms with Gasteiger partial charge in [-0.2, -0.15) is 25.3 Å². The van der Waals surface area contributed by atoms with Gasteiger partial charge in [0, 0.05) is 42.9 Å². The van der Waals surface area contributed by atoms with Gasteiger partial charge in [-0.15, -0.1) is 0 Å². The maximum atomic E-state index is 14.7. The summed E-state index contributed by atoms with van der Waals surface area (Å²) in [5.74, 6) is -22.7. The van der Waals surface area contributed by atoms with Gasteiger partial charge in [0.1, 0.15) is 102 Å². The Bertz CT molecular complexity index is 4270. The fourth-order valence-corrected chi connectivity index (χ4v) is 13.8. The predicted octanol–water partition coefficient (Wildman–Crippen LogP) is -11.1. The van der Waals surface area contributed by atoms with Crippen LogP contribution < -0.4 is 126 Å². The van der Waals surface area contributed by atoms with Gasteiger partial charge in [-0.25, -0.2) is 4.79 Å². The summed E-state index contributed by atoms with van der Waals surface area (Å²) in [5, 5.41) is 106. The van der Waals surface area contributed by atoms with Crippen LogP contribution in [0.2, 0.25) is 0 Å². The zero-order valence-corrected chi connectivity index (χ0v) is 76.5. The fourth-order valence-electron chi connectivity index (χ4n) is 13.4. The van der Waals surface area contributed by atoms with Gasteiger partial charge < -0.3 is 161 Å². The van der Waals surface area contributed by atoms with Crippen LogP contribution in [-0.2, 0) is 99.1 Å². The van der Waals surface area contributed by atoms with Crippen molar-refractivity contribution < 1.29 is 117 Å². The molecule has 0 saturated carbocycles. The number of likely N-dealkylation sites (tertiary alicyclic amines) is 1. The van der Waals surface area contributed by atoms with Crippen molar-refractivity contribution in [2.45, 2.75) is 252 Å². The third-order valence-electron chi connectivity index (χ3n) is 21.1. The topological polar surface area (TPSA) is 844 Å². The maximum Gasteiger partial charge on any atom is 0.326 e. The molecule has 738 valence electrons. The maximum absolute atomic E-state index is 14.7. The molecule has 17 amide bonds. The minimum absolute atomic E-state index is 0.0898. The fraction of sp³-hybridized carbons (Fsp3) is 0.617. The van der Waals surface area contributed by atoms with Crippen molar-refractivity contribution in [2.75, 3.05) is 51.6 Å². The number of aromatic hydroxyl groups is 2. The highest BCUT2D eigenvalue weighted by Crippen LogP contribution is 2.25. The molecule has 51 heteroatoms. The molecule has 0 spiro atoms. The van der Waals surface area contributed by atoms with Crippen molar-refractivity contribution in [3.63, 3.8) is 0 Å². The van der Waals surface area contributed by atoms with Crippen LogP contribution in [0.25, 0.3) is 0 Å². The van der Waals surface area contributed by atoms with E-state index in [1.165, 1.54) is 62.4 Å². The summed E-state index contributed by atoms with van der Waals surface area (Å²) < 4.78 is -1.50. The number of carbonyl (C=O) groups excluding carboxylic acids is 17. The number of hydrogen-bond donors (Lipinski definition) is 32. The number of aliphatic carboxylic acids is 1. The van der Waals surface area contributed by atoms with E-state index >= 15 is 0 Å². The second-order valence-electron chi connectivity index (χ2n) is 32.8. The van der Waals surface area contributed by atoms with Crippen LogP contribution in [0.1, 0.15) is 137 Å². The van der Waals surface area contributed by atoms with E-state index in [0.29, 0.717) is 12.0 Å². The molecule has 0 aromatic heterocycles. The first kappa shape index (κ1) is 114. The SMILES string of the molecule is CC[C@H](C)[C@H](NC(=O)[C@@H]1C[C@@H](O)CN1C(=O)[C@@H](N)C(C)C)C(=O)N[C@H](C(=O)N[C@@H](Cc1ccc(O)cc1)C(=O)N[C@@H](CO)C(=O)N[C@@H](CC(N)=O)C(=O)N[C@@H](CCCNC(=N)N)C(=O)N[C@@H](CC(N)=O)C(=O)N[C@H](C(=O)N[C@H](CCN)C(=O)N[C@@H](CCCCN)C(=O)N[C@@H](CCN)C(=O)N[C@@H](CCN)C(=O)N[C@@H](CS)C(=O)N[C@@H](Cc1ccc(O)cc1)C(=O)O)[C@@H](C)O)C(C)(C)S. The van der Waals surface area contributed by atoms with Crippen molar-refractivity contribution in [3.05, 3.63) is 59.7 Å². The molecule has 38 N–H and O–H groups in total. The molecule has 1 fully saturated rings. The van der Waals surface area contributed by atoms with Gasteiger partial charge in [0.25, 0.3) is 0 Å². The number of phenolic OH excluding ortho intramolecular Hbond substituents is 2. The van der Waals surface area contributed by atoms with Crippen molar-refractivity contribution in [3.8, 4) is 11.5 Å². The molecule has 2 aromatic rings. The van der Waals surface area contributed by atoms with E-state index in [4.69, 9.17) is 51.3 Å². The number of carboxylic acids is 1. The molecular weight excluding hydrogens is 1770 g/mol. The summed E-state index contributed by atoms with van der Waals surface area (Å²) in [6.07, 6.45) is -6.98. The molecule has 1 aliphatic heterocycles. The molecular formula is C81H133N25O24S2. The first-order valence-corrected chi connectivity index (χ1v) is 43.9. The number of guanidine groups is 1. The summed E-state index contributed by atoms with van der Waals surface area (Å²) in [5.41, 5.74) is 46.8. The lowest BCUT2D eigenvalue weighted by molar-refractivity contribution is -0.142. The Morgan fingerprint density at radius 2 is 0.856 bits per heavy atom. The van der Waals surface area contributed by atoms with E-state index in [0.717, 1.165) is 11.8 Å². The average Bonchev–Trinajstić information content (AvgIpc) is 1.67. The Labute approximate surface area is 773 Å². The molecule has 0 bridgehead atoms. The van der Waals surface area contributed by atoms with Crippen LogP contribution in [0.15, 0.2) is 48.5 Å². The lowest BCUT2D eigenvalue weighted by atomic mass is 9.95. The molecule has 3 rings (SSSR count). The van der Waals surface area contributed by atoms with Gasteiger partial charge in [-0.05, 0) is 146 Å². The largest absolute Gasteiger partial charge is 0.508 e. The molecule has 0 unspecified atom stereocenters. The van der Waals surface area contributed by atoms with Gasteiger partial charge in [0.05, 0.1) is 37.7 Å². The first-order valence-electron chi connectivity index (χ1n) is 42.8. The van der Waals surface area contributed by atoms with E-state index in [1.807, 2.05) is 0 Å². The number of aliphatic hydroxyl groups excluding tert-OH is 3. The number of thiol groups is 2. The minimum Gasteiger partial charge on any atom is -0.508 e.